The first-order valence-electron chi connectivity index (χ1n) is 8.92. The second-order valence-corrected chi connectivity index (χ2v) is 7.83. The molecule has 1 unspecified atom stereocenters. The molecule has 6 heteroatoms. The minimum Gasteiger partial charge on any atom is -0.327 e. The van der Waals surface area contributed by atoms with Gasteiger partial charge in [-0.15, -0.1) is 11.3 Å². The molecule has 1 aliphatic rings. The second-order valence-electron chi connectivity index (χ2n) is 6.77. The lowest BCUT2D eigenvalue weighted by atomic mass is 9.99. The summed E-state index contributed by atoms with van der Waals surface area (Å²) in [5, 5.41) is 3.85. The van der Waals surface area contributed by atoms with Crippen molar-refractivity contribution in [2.75, 3.05) is 25.0 Å². The molecule has 0 spiro atoms. The van der Waals surface area contributed by atoms with Crippen LogP contribution in [0.25, 0.3) is 10.2 Å². The lowest BCUT2D eigenvalue weighted by molar-refractivity contribution is -0.898. The van der Waals surface area contributed by atoms with Crippen LogP contribution in [0, 0.1) is 5.82 Å². The van der Waals surface area contributed by atoms with Crippen LogP contribution in [-0.2, 0) is 4.79 Å². The first-order chi connectivity index (χ1) is 12.7. The summed E-state index contributed by atoms with van der Waals surface area (Å²) in [7, 11) is 0. The maximum atomic E-state index is 13.7. The number of fused-ring (bicyclic) bond motifs is 1. The molecule has 4 nitrogen and oxygen atoms in total. The summed E-state index contributed by atoms with van der Waals surface area (Å²) in [6.45, 7) is 2.21. The van der Waals surface area contributed by atoms with Crippen molar-refractivity contribution in [2.24, 2.45) is 0 Å². The van der Waals surface area contributed by atoms with E-state index in [0.717, 1.165) is 36.5 Å². The first kappa shape index (κ1) is 17.1. The molecule has 1 fully saturated rings. The van der Waals surface area contributed by atoms with Crippen LogP contribution < -0.4 is 10.2 Å². The maximum absolute atomic E-state index is 13.7. The van der Waals surface area contributed by atoms with E-state index in [1.807, 2.05) is 18.2 Å². The van der Waals surface area contributed by atoms with Gasteiger partial charge in [0.25, 0.3) is 5.91 Å². The number of para-hydroxylation sites is 2. The number of benzene rings is 2. The molecule has 2 heterocycles. The summed E-state index contributed by atoms with van der Waals surface area (Å²) in [6.07, 6.45) is 2.18. The van der Waals surface area contributed by atoms with E-state index in [1.54, 1.807) is 29.5 Å². The van der Waals surface area contributed by atoms with Crippen LogP contribution in [-0.4, -0.2) is 30.5 Å². The van der Waals surface area contributed by atoms with E-state index in [1.165, 1.54) is 15.7 Å². The van der Waals surface area contributed by atoms with Gasteiger partial charge in [0, 0.05) is 0 Å². The summed E-state index contributed by atoms with van der Waals surface area (Å²) in [5.74, 6) is -0.158. The van der Waals surface area contributed by atoms with Gasteiger partial charge in [0.15, 0.2) is 6.54 Å². The Hall–Kier alpha value is -2.31. The predicted octanol–water partition coefficient (Wildman–Crippen LogP) is 2.84. The number of nitrogens with one attached hydrogen (secondary N) is 2. The molecule has 0 bridgehead atoms. The molecule has 1 amide bonds. The Labute approximate surface area is 155 Å². The van der Waals surface area contributed by atoms with Gasteiger partial charge in [-0.1, -0.05) is 24.3 Å². The smallest absolute Gasteiger partial charge is 0.279 e. The van der Waals surface area contributed by atoms with Gasteiger partial charge in [0.1, 0.15) is 10.8 Å². The summed E-state index contributed by atoms with van der Waals surface area (Å²) < 4.78 is 14.9. The molecule has 0 radical (unpaired) electrons. The van der Waals surface area contributed by atoms with Crippen molar-refractivity contribution in [1.29, 1.82) is 0 Å². The van der Waals surface area contributed by atoms with Crippen molar-refractivity contribution in [3.8, 4) is 0 Å². The van der Waals surface area contributed by atoms with Gasteiger partial charge in [-0.2, -0.15) is 0 Å². The molecule has 3 aromatic rings. The van der Waals surface area contributed by atoms with Crippen LogP contribution in [0.5, 0.6) is 0 Å². The third kappa shape index (κ3) is 3.76. The number of carbonyl (C=O) groups is 1. The number of thiazole rings is 1. The molecule has 0 saturated carbocycles. The highest BCUT2D eigenvalue weighted by atomic mass is 32.1. The number of piperidine rings is 1. The molecule has 2 atom stereocenters. The largest absolute Gasteiger partial charge is 0.327 e. The van der Waals surface area contributed by atoms with Crippen LogP contribution in [0.4, 0.5) is 10.1 Å². The van der Waals surface area contributed by atoms with Gasteiger partial charge in [-0.3, -0.25) is 4.79 Å². The van der Waals surface area contributed by atoms with Gasteiger partial charge in [0.2, 0.25) is 0 Å². The lowest BCUT2D eigenvalue weighted by Crippen LogP contribution is -3.14. The second kappa shape index (κ2) is 7.51. The average Bonchev–Trinajstić information content (AvgIpc) is 3.08. The van der Waals surface area contributed by atoms with Crippen LogP contribution in [0.2, 0.25) is 0 Å². The molecule has 0 aliphatic carbocycles. The topological polar surface area (TPSA) is 46.4 Å². The van der Waals surface area contributed by atoms with E-state index in [-0.39, 0.29) is 11.6 Å². The Bertz CT molecular complexity index is 893. The number of hydrogen-bond acceptors (Lipinski definition) is 3. The first-order valence-corrected chi connectivity index (χ1v) is 9.74. The SMILES string of the molecule is O=C(C[NH+]1CCC[C@@H](c2nc3ccccc3s2)C1)Nc1ccccc1F. The van der Waals surface area contributed by atoms with Crippen molar-refractivity contribution in [1.82, 2.24) is 4.98 Å². The zero-order chi connectivity index (χ0) is 17.9. The number of quaternary nitrogens is 1. The zero-order valence-electron chi connectivity index (χ0n) is 14.4. The van der Waals surface area contributed by atoms with Crippen LogP contribution in [0.1, 0.15) is 23.8 Å². The molecule has 1 aromatic heterocycles. The van der Waals surface area contributed by atoms with E-state index in [0.29, 0.717) is 12.5 Å². The van der Waals surface area contributed by atoms with E-state index in [9.17, 15) is 9.18 Å². The van der Waals surface area contributed by atoms with E-state index in [4.69, 9.17) is 4.98 Å². The van der Waals surface area contributed by atoms with Crippen LogP contribution in [0.3, 0.4) is 0 Å². The predicted molar refractivity (Wildman–Crippen MR) is 102 cm³/mol. The van der Waals surface area contributed by atoms with E-state index in [2.05, 4.69) is 11.4 Å². The molecular weight excluding hydrogens is 349 g/mol. The molecule has 1 saturated heterocycles. The van der Waals surface area contributed by atoms with Crippen molar-refractivity contribution in [2.45, 2.75) is 18.8 Å². The average molecular weight is 370 g/mol. The van der Waals surface area contributed by atoms with Crippen molar-refractivity contribution in [3.05, 3.63) is 59.4 Å². The monoisotopic (exact) mass is 370 g/mol. The number of amides is 1. The molecule has 1 aliphatic heterocycles. The Kier molecular flexibility index (Phi) is 4.95. The molecular formula is C20H21FN3OS+. The zero-order valence-corrected chi connectivity index (χ0v) is 15.2. The van der Waals surface area contributed by atoms with E-state index >= 15 is 0 Å². The Morgan fingerprint density at radius 2 is 2.04 bits per heavy atom. The quantitative estimate of drug-likeness (QED) is 0.742. The summed E-state index contributed by atoms with van der Waals surface area (Å²) in [6, 6.07) is 14.5. The van der Waals surface area contributed by atoms with Crippen molar-refractivity contribution in [3.63, 3.8) is 0 Å². The van der Waals surface area contributed by atoms with Crippen molar-refractivity contribution < 1.29 is 14.1 Å². The normalized spacial score (nSPS) is 20.2. The van der Waals surface area contributed by atoms with Gasteiger partial charge >= 0.3 is 0 Å². The number of anilines is 1. The molecule has 26 heavy (non-hydrogen) atoms. The number of carbonyl (C=O) groups excluding carboxylic acids is 1. The van der Waals surface area contributed by atoms with Gasteiger partial charge < -0.3 is 10.2 Å². The minimum atomic E-state index is -0.401. The summed E-state index contributed by atoms with van der Waals surface area (Å²) >= 11 is 1.75. The van der Waals surface area contributed by atoms with Crippen LogP contribution in [0.15, 0.2) is 48.5 Å². The summed E-state index contributed by atoms with van der Waals surface area (Å²) in [4.78, 5) is 18.3. The fourth-order valence-corrected chi connectivity index (χ4v) is 4.67. The Morgan fingerprint density at radius 3 is 2.88 bits per heavy atom. The van der Waals surface area contributed by atoms with Gasteiger partial charge in [0.05, 0.1) is 34.9 Å². The highest BCUT2D eigenvalue weighted by Gasteiger charge is 2.28. The minimum absolute atomic E-state index is 0.143. The Morgan fingerprint density at radius 1 is 1.23 bits per heavy atom. The van der Waals surface area contributed by atoms with Crippen LogP contribution >= 0.6 is 11.3 Å². The standard InChI is InChI=1S/C20H20FN3OS/c21-15-7-1-2-8-16(15)22-19(25)13-24-11-5-6-14(12-24)20-23-17-9-3-4-10-18(17)26-20/h1-4,7-10,14H,5-6,11-13H2,(H,22,25)/p+1/t14-/m1/s1. The Balaban J connectivity index is 1.40. The number of likely N-dealkylation sites (tertiary alicyclic amines) is 1. The third-order valence-electron chi connectivity index (χ3n) is 4.84. The lowest BCUT2D eigenvalue weighted by Gasteiger charge is -2.28. The fourth-order valence-electron chi connectivity index (χ4n) is 3.57. The molecule has 4 rings (SSSR count). The highest BCUT2D eigenvalue weighted by Crippen LogP contribution is 2.30. The third-order valence-corrected chi connectivity index (χ3v) is 6.04. The van der Waals surface area contributed by atoms with Crippen molar-refractivity contribution >= 4 is 33.1 Å². The molecule has 2 N–H and O–H groups in total. The summed E-state index contributed by atoms with van der Waals surface area (Å²) in [5.41, 5.74) is 1.30. The number of nitrogens with zero attached hydrogens (tertiary/aromatic N) is 1. The highest BCUT2D eigenvalue weighted by molar-refractivity contribution is 7.18. The number of rotatable bonds is 4. The van der Waals surface area contributed by atoms with E-state index < -0.39 is 5.82 Å². The van der Waals surface area contributed by atoms with Gasteiger partial charge in [-0.05, 0) is 37.1 Å². The fraction of sp³-hybridized carbons (Fsp3) is 0.300. The number of halogens is 1. The van der Waals surface area contributed by atoms with Gasteiger partial charge in [-0.25, -0.2) is 9.37 Å². The maximum Gasteiger partial charge on any atom is 0.279 e. The molecule has 134 valence electrons. The number of hydrogen-bond donors (Lipinski definition) is 2. The molecule has 2 aromatic carbocycles. The number of aromatic nitrogens is 1.